The molecule has 3 N–H and O–H groups in total. The van der Waals surface area contributed by atoms with Gasteiger partial charge in [-0.15, -0.1) is 0 Å². The summed E-state index contributed by atoms with van der Waals surface area (Å²) in [7, 11) is 1.58. The lowest BCUT2D eigenvalue weighted by atomic mass is 9.72. The fraction of sp³-hybridized carbons (Fsp3) is 0.875. The van der Waals surface area contributed by atoms with Gasteiger partial charge in [0.15, 0.2) is 0 Å². The topological polar surface area (TPSA) is 154 Å². The Morgan fingerprint density at radius 2 is 1.25 bits per heavy atom. The lowest BCUT2D eigenvalue weighted by Gasteiger charge is -2.33. The molecule has 0 aliphatic heterocycles. The van der Waals surface area contributed by atoms with Crippen molar-refractivity contribution in [3.8, 4) is 0 Å². The molecule has 0 aromatic rings. The second-order valence-electron chi connectivity index (χ2n) is 8.93. The van der Waals surface area contributed by atoms with E-state index < -0.39 is 28.9 Å². The summed E-state index contributed by atoms with van der Waals surface area (Å²) in [6, 6.07) is 0. The molecule has 12 heteroatoms. The molecule has 0 aromatic carbocycles. The largest absolute Gasteiger partial charge is 0.463 e. The average molecular weight is 523 g/mol. The molecule has 0 aromatic heterocycles. The summed E-state index contributed by atoms with van der Waals surface area (Å²) < 4.78 is 36.3. The van der Waals surface area contributed by atoms with Crippen molar-refractivity contribution < 1.29 is 47.5 Å². The van der Waals surface area contributed by atoms with Crippen LogP contribution in [0.2, 0.25) is 0 Å². The molecule has 0 fully saturated rings. The van der Waals surface area contributed by atoms with Gasteiger partial charge in [0.25, 0.3) is 0 Å². The monoisotopic (exact) mass is 522 g/mol. The van der Waals surface area contributed by atoms with Crippen molar-refractivity contribution in [1.82, 2.24) is 5.32 Å². The average Bonchev–Trinajstić information content (AvgIpc) is 2.84. The van der Waals surface area contributed by atoms with Crippen molar-refractivity contribution in [2.75, 3.05) is 86.3 Å². The smallest absolute Gasteiger partial charge is 0.407 e. The minimum atomic E-state index is -0.952. The molecule has 1 atom stereocenters. The number of ether oxygens (including phenoxy) is 7. The summed E-state index contributed by atoms with van der Waals surface area (Å²) in [6.07, 6.45) is 0.0822. The third-order valence-electron chi connectivity index (χ3n) is 5.25. The van der Waals surface area contributed by atoms with Crippen LogP contribution in [0.25, 0.3) is 0 Å². The second kappa shape index (κ2) is 20.1. The van der Waals surface area contributed by atoms with Crippen molar-refractivity contribution in [2.45, 2.75) is 40.5 Å². The Hall–Kier alpha value is -1.99. The zero-order chi connectivity index (χ0) is 27.3. The molecule has 36 heavy (non-hydrogen) atoms. The van der Waals surface area contributed by atoms with Crippen LogP contribution in [0.1, 0.15) is 40.5 Å². The van der Waals surface area contributed by atoms with E-state index in [4.69, 9.17) is 38.9 Å². The molecule has 0 aliphatic rings. The highest BCUT2D eigenvalue weighted by atomic mass is 16.6. The predicted molar refractivity (Wildman–Crippen MR) is 131 cm³/mol. The maximum Gasteiger partial charge on any atom is 0.407 e. The van der Waals surface area contributed by atoms with Crippen LogP contribution >= 0.6 is 0 Å². The van der Waals surface area contributed by atoms with Crippen LogP contribution in [-0.4, -0.2) is 104 Å². The van der Waals surface area contributed by atoms with E-state index in [1.165, 1.54) is 0 Å². The molecular formula is C24H46N2O10. The number of hydrogen-bond acceptors (Lipinski definition) is 11. The number of esters is 2. The minimum absolute atomic E-state index is 0.0996. The van der Waals surface area contributed by atoms with E-state index >= 15 is 0 Å². The van der Waals surface area contributed by atoms with E-state index in [1.807, 2.05) is 6.92 Å². The zero-order valence-electron chi connectivity index (χ0n) is 22.6. The lowest BCUT2D eigenvalue weighted by molar-refractivity contribution is -0.164. The van der Waals surface area contributed by atoms with Crippen LogP contribution in [-0.2, 0) is 42.7 Å². The summed E-state index contributed by atoms with van der Waals surface area (Å²) in [5.74, 6) is -0.888. The van der Waals surface area contributed by atoms with Crippen LogP contribution in [0, 0.1) is 10.8 Å². The van der Waals surface area contributed by atoms with Gasteiger partial charge in [-0.05, 0) is 33.6 Å². The molecule has 1 amide bonds. The Balaban J connectivity index is 4.21. The van der Waals surface area contributed by atoms with Crippen molar-refractivity contribution in [2.24, 2.45) is 16.6 Å². The van der Waals surface area contributed by atoms with Gasteiger partial charge in [0.1, 0.15) is 19.8 Å². The van der Waals surface area contributed by atoms with E-state index in [0.29, 0.717) is 52.6 Å². The zero-order valence-corrected chi connectivity index (χ0v) is 22.6. The first-order valence-corrected chi connectivity index (χ1v) is 12.3. The molecule has 212 valence electrons. The molecule has 0 aliphatic carbocycles. The first-order valence-electron chi connectivity index (χ1n) is 12.3. The highest BCUT2D eigenvalue weighted by molar-refractivity contribution is 5.80. The van der Waals surface area contributed by atoms with Crippen LogP contribution in [0.4, 0.5) is 4.79 Å². The van der Waals surface area contributed by atoms with Crippen LogP contribution in [0.3, 0.4) is 0 Å². The first-order chi connectivity index (χ1) is 17.1. The van der Waals surface area contributed by atoms with E-state index in [-0.39, 0.29) is 39.4 Å². The van der Waals surface area contributed by atoms with Gasteiger partial charge >= 0.3 is 18.0 Å². The third kappa shape index (κ3) is 15.9. The molecule has 0 rings (SSSR count). The molecular weight excluding hydrogens is 476 g/mol. The molecule has 0 radical (unpaired) electrons. The van der Waals surface area contributed by atoms with Gasteiger partial charge in [0.05, 0.1) is 57.1 Å². The third-order valence-corrected chi connectivity index (χ3v) is 5.25. The summed E-state index contributed by atoms with van der Waals surface area (Å²) in [4.78, 5) is 37.0. The molecule has 0 saturated heterocycles. The number of amides is 1. The molecule has 0 saturated carbocycles. The molecule has 1 unspecified atom stereocenters. The number of nitrogens with two attached hydrogens (primary N) is 1. The molecule has 0 spiro atoms. The van der Waals surface area contributed by atoms with E-state index in [0.717, 1.165) is 0 Å². The number of alkyl carbamates (subject to hydrolysis) is 1. The van der Waals surface area contributed by atoms with Gasteiger partial charge < -0.3 is 44.2 Å². The lowest BCUT2D eigenvalue weighted by Crippen LogP contribution is -2.39. The minimum Gasteiger partial charge on any atom is -0.463 e. The first kappa shape index (κ1) is 34.0. The molecule has 0 bridgehead atoms. The van der Waals surface area contributed by atoms with E-state index in [9.17, 15) is 14.4 Å². The van der Waals surface area contributed by atoms with Gasteiger partial charge in [-0.25, -0.2) is 4.79 Å². The number of carbonyl (C=O) groups is 3. The van der Waals surface area contributed by atoms with Gasteiger partial charge in [-0.2, -0.15) is 0 Å². The van der Waals surface area contributed by atoms with Gasteiger partial charge in [-0.3, -0.25) is 9.59 Å². The highest BCUT2D eigenvalue weighted by Gasteiger charge is 2.42. The van der Waals surface area contributed by atoms with Crippen LogP contribution in [0.5, 0.6) is 0 Å². The van der Waals surface area contributed by atoms with Crippen LogP contribution in [0.15, 0.2) is 0 Å². The van der Waals surface area contributed by atoms with E-state index in [1.54, 1.807) is 27.9 Å². The normalized spacial score (nSPS) is 13.1. The highest BCUT2D eigenvalue weighted by Crippen LogP contribution is 2.38. The Morgan fingerprint density at radius 1 is 0.722 bits per heavy atom. The summed E-state index contributed by atoms with van der Waals surface area (Å²) in [5.41, 5.74) is 3.48. The van der Waals surface area contributed by atoms with E-state index in [2.05, 4.69) is 5.32 Å². The Morgan fingerprint density at radius 3 is 1.89 bits per heavy atom. The number of rotatable bonds is 22. The van der Waals surface area contributed by atoms with Gasteiger partial charge in [-0.1, -0.05) is 6.92 Å². The van der Waals surface area contributed by atoms with Crippen molar-refractivity contribution >= 4 is 18.0 Å². The summed E-state index contributed by atoms with van der Waals surface area (Å²) in [6.45, 7) is 10.5. The fourth-order valence-electron chi connectivity index (χ4n) is 3.15. The van der Waals surface area contributed by atoms with Gasteiger partial charge in [0.2, 0.25) is 0 Å². The summed E-state index contributed by atoms with van der Waals surface area (Å²) >= 11 is 0. The predicted octanol–water partition coefficient (Wildman–Crippen LogP) is 1.29. The van der Waals surface area contributed by atoms with Crippen molar-refractivity contribution in [3.63, 3.8) is 0 Å². The van der Waals surface area contributed by atoms with Crippen LogP contribution < -0.4 is 11.1 Å². The maximum absolute atomic E-state index is 12.7. The number of carbonyl (C=O) groups excluding carboxylic acids is 3. The number of nitrogens with one attached hydrogen (secondary N) is 1. The second-order valence-corrected chi connectivity index (χ2v) is 8.93. The SMILES string of the molecule is CCC(C)(CC(C)(C)C(=O)OCCOC(=O)NCCOCCOCCN)C(=O)OCCOCCOC. The fourth-order valence-corrected chi connectivity index (χ4v) is 3.15. The standard InChI is InChI=1S/C24H46N2O10/c1-6-24(4,21(28)35-16-15-33-12-11-30-5)19-23(2,3)20(27)34-17-18-36-22(29)26-8-10-32-14-13-31-9-7-25/h6-19,25H2,1-5H3,(H,26,29). The van der Waals surface area contributed by atoms with Gasteiger partial charge in [0, 0.05) is 20.2 Å². The Bertz CT molecular complexity index is 618. The number of hydrogen-bond donors (Lipinski definition) is 2. The quantitative estimate of drug-likeness (QED) is 0.120. The molecule has 0 heterocycles. The Labute approximate surface area is 214 Å². The maximum atomic E-state index is 12.7. The Kier molecular flexibility index (Phi) is 19.0. The van der Waals surface area contributed by atoms with Crippen molar-refractivity contribution in [3.05, 3.63) is 0 Å². The van der Waals surface area contributed by atoms with Crippen molar-refractivity contribution in [1.29, 1.82) is 0 Å². The number of methoxy groups -OCH3 is 1. The summed E-state index contributed by atoms with van der Waals surface area (Å²) in [5, 5.41) is 2.53. The molecule has 12 nitrogen and oxygen atoms in total.